The average molecular weight is 281 g/mol. The first-order valence-electron chi connectivity index (χ1n) is 7.40. The molecule has 1 heterocycles. The van der Waals surface area contributed by atoms with Crippen molar-refractivity contribution in [3.05, 3.63) is 90.3 Å². The van der Waals surface area contributed by atoms with Gasteiger partial charge in [0.15, 0.2) is 0 Å². The molecule has 1 nitrogen and oxygen atoms in total. The molecule has 0 atom stereocenters. The van der Waals surface area contributed by atoms with E-state index in [4.69, 9.17) is 0 Å². The van der Waals surface area contributed by atoms with E-state index in [2.05, 4.69) is 77.8 Å². The van der Waals surface area contributed by atoms with Crippen LogP contribution in [0, 0.1) is 0 Å². The van der Waals surface area contributed by atoms with Crippen LogP contribution in [0.5, 0.6) is 0 Å². The summed E-state index contributed by atoms with van der Waals surface area (Å²) >= 11 is 0. The van der Waals surface area contributed by atoms with Crippen molar-refractivity contribution in [2.45, 2.75) is 0 Å². The van der Waals surface area contributed by atoms with Crippen LogP contribution in [0.4, 0.5) is 0 Å². The Labute approximate surface area is 129 Å². The number of fused-ring (bicyclic) bond motifs is 3. The van der Waals surface area contributed by atoms with Gasteiger partial charge in [0.05, 0.1) is 0 Å². The van der Waals surface area contributed by atoms with Gasteiger partial charge in [-0.1, -0.05) is 66.7 Å². The summed E-state index contributed by atoms with van der Waals surface area (Å²) in [5.74, 6) is 0. The number of nitrogens with zero attached hydrogens (tertiary/aromatic N) is 1. The third kappa shape index (κ3) is 2.38. The molecule has 0 spiro atoms. The Morgan fingerprint density at radius 1 is 0.636 bits per heavy atom. The Bertz CT molecular complexity index is 969. The van der Waals surface area contributed by atoms with Crippen LogP contribution < -0.4 is 0 Å². The zero-order chi connectivity index (χ0) is 14.8. The molecule has 3 aromatic carbocycles. The summed E-state index contributed by atoms with van der Waals surface area (Å²) in [7, 11) is 0. The minimum Gasteiger partial charge on any atom is -0.264 e. The minimum absolute atomic E-state index is 1.20. The van der Waals surface area contributed by atoms with E-state index in [1.54, 1.807) is 0 Å². The van der Waals surface area contributed by atoms with Crippen LogP contribution >= 0.6 is 0 Å². The summed E-state index contributed by atoms with van der Waals surface area (Å²) in [4.78, 5) is 4.27. The van der Waals surface area contributed by atoms with Gasteiger partial charge in [0, 0.05) is 17.8 Å². The fourth-order valence-corrected chi connectivity index (χ4v) is 2.77. The van der Waals surface area contributed by atoms with Gasteiger partial charge >= 0.3 is 0 Å². The molecular formula is C21H15N. The fourth-order valence-electron chi connectivity index (χ4n) is 2.77. The van der Waals surface area contributed by atoms with Crippen molar-refractivity contribution in [3.8, 4) is 0 Å². The van der Waals surface area contributed by atoms with Gasteiger partial charge in [0.1, 0.15) is 0 Å². The van der Waals surface area contributed by atoms with Gasteiger partial charge in [-0.25, -0.2) is 0 Å². The van der Waals surface area contributed by atoms with Gasteiger partial charge in [-0.3, -0.25) is 4.98 Å². The van der Waals surface area contributed by atoms with Crippen molar-refractivity contribution in [3.63, 3.8) is 0 Å². The van der Waals surface area contributed by atoms with Gasteiger partial charge in [-0.05, 0) is 39.4 Å². The van der Waals surface area contributed by atoms with Crippen LogP contribution in [-0.2, 0) is 0 Å². The molecule has 0 aliphatic carbocycles. The normalized spacial score (nSPS) is 11.5. The quantitative estimate of drug-likeness (QED) is 0.346. The second-order valence-corrected chi connectivity index (χ2v) is 5.39. The molecule has 0 unspecified atom stereocenters. The first kappa shape index (κ1) is 12.8. The maximum Gasteiger partial charge on any atom is 0.0352 e. The highest BCUT2D eigenvalue weighted by atomic mass is 14.6. The summed E-state index contributed by atoms with van der Waals surface area (Å²) in [6, 6.07) is 23.3. The monoisotopic (exact) mass is 281 g/mol. The number of hydrogen-bond acceptors (Lipinski definition) is 1. The Balaban J connectivity index is 1.83. The molecule has 1 heteroatoms. The van der Waals surface area contributed by atoms with E-state index in [9.17, 15) is 0 Å². The summed E-state index contributed by atoms with van der Waals surface area (Å²) in [6.07, 6.45) is 8.09. The van der Waals surface area contributed by atoms with Crippen molar-refractivity contribution >= 4 is 33.7 Å². The Kier molecular flexibility index (Phi) is 3.17. The lowest BCUT2D eigenvalue weighted by Crippen LogP contribution is -1.81. The van der Waals surface area contributed by atoms with Gasteiger partial charge < -0.3 is 0 Å². The van der Waals surface area contributed by atoms with Crippen molar-refractivity contribution < 1.29 is 0 Å². The van der Waals surface area contributed by atoms with Crippen LogP contribution in [0.15, 0.2) is 79.1 Å². The van der Waals surface area contributed by atoms with Crippen molar-refractivity contribution in [1.82, 2.24) is 4.98 Å². The van der Waals surface area contributed by atoms with E-state index < -0.39 is 0 Å². The maximum absolute atomic E-state index is 4.27. The molecule has 104 valence electrons. The van der Waals surface area contributed by atoms with Crippen molar-refractivity contribution in [1.29, 1.82) is 0 Å². The second-order valence-electron chi connectivity index (χ2n) is 5.39. The van der Waals surface area contributed by atoms with E-state index in [1.165, 1.54) is 32.7 Å². The minimum atomic E-state index is 1.20. The highest BCUT2D eigenvalue weighted by Gasteiger charge is 2.00. The zero-order valence-electron chi connectivity index (χ0n) is 12.1. The lowest BCUT2D eigenvalue weighted by molar-refractivity contribution is 1.37. The smallest absolute Gasteiger partial charge is 0.0352 e. The van der Waals surface area contributed by atoms with E-state index >= 15 is 0 Å². The molecular weight excluding hydrogens is 266 g/mol. The summed E-state index contributed by atoms with van der Waals surface area (Å²) in [5, 5.41) is 4.93. The maximum atomic E-state index is 4.27. The van der Waals surface area contributed by atoms with E-state index in [0.29, 0.717) is 0 Å². The lowest BCUT2D eigenvalue weighted by atomic mass is 10.0. The molecule has 0 aliphatic heterocycles. The SMILES string of the molecule is C(=C/c1ccc2ccc3ccncc3c2c1)/c1ccccc1. The van der Waals surface area contributed by atoms with E-state index in [0.717, 1.165) is 0 Å². The third-order valence-electron chi connectivity index (χ3n) is 3.93. The average Bonchev–Trinajstić information content (AvgIpc) is 2.60. The number of benzene rings is 3. The lowest BCUT2D eigenvalue weighted by Gasteiger charge is -2.04. The number of aromatic nitrogens is 1. The highest BCUT2D eigenvalue weighted by Crippen LogP contribution is 2.26. The summed E-state index contributed by atoms with van der Waals surface area (Å²) < 4.78 is 0. The Hall–Kier alpha value is -2.93. The summed E-state index contributed by atoms with van der Waals surface area (Å²) in [6.45, 7) is 0. The van der Waals surface area contributed by atoms with Crippen LogP contribution in [0.3, 0.4) is 0 Å². The molecule has 1 aromatic heterocycles. The van der Waals surface area contributed by atoms with Gasteiger partial charge in [0.2, 0.25) is 0 Å². The molecule has 4 aromatic rings. The molecule has 0 saturated carbocycles. The first-order chi connectivity index (χ1) is 10.9. The molecule has 0 bridgehead atoms. The number of pyridine rings is 1. The summed E-state index contributed by atoms with van der Waals surface area (Å²) in [5.41, 5.74) is 2.41. The van der Waals surface area contributed by atoms with Gasteiger partial charge in [0.25, 0.3) is 0 Å². The highest BCUT2D eigenvalue weighted by molar-refractivity contribution is 6.07. The predicted octanol–water partition coefficient (Wildman–Crippen LogP) is 5.56. The standard InChI is InChI=1S/C21H15N/c1-2-4-16(5-3-1)6-7-17-8-9-18-10-11-19-12-13-22-15-21(19)20(18)14-17/h1-15H/b7-6-. The van der Waals surface area contributed by atoms with Gasteiger partial charge in [-0.2, -0.15) is 0 Å². The molecule has 4 rings (SSSR count). The van der Waals surface area contributed by atoms with Crippen LogP contribution in [0.25, 0.3) is 33.7 Å². The van der Waals surface area contributed by atoms with Gasteiger partial charge in [-0.15, -0.1) is 0 Å². The zero-order valence-corrected chi connectivity index (χ0v) is 12.1. The van der Waals surface area contributed by atoms with Crippen molar-refractivity contribution in [2.24, 2.45) is 0 Å². The van der Waals surface area contributed by atoms with Crippen molar-refractivity contribution in [2.75, 3.05) is 0 Å². The van der Waals surface area contributed by atoms with E-state index in [1.807, 2.05) is 18.5 Å². The second kappa shape index (κ2) is 5.45. The van der Waals surface area contributed by atoms with Crippen LogP contribution in [-0.4, -0.2) is 4.98 Å². The Morgan fingerprint density at radius 3 is 2.23 bits per heavy atom. The largest absolute Gasteiger partial charge is 0.264 e. The molecule has 0 saturated heterocycles. The number of rotatable bonds is 2. The van der Waals surface area contributed by atoms with Crippen LogP contribution in [0.1, 0.15) is 11.1 Å². The fraction of sp³-hybridized carbons (Fsp3) is 0. The Morgan fingerprint density at radius 2 is 1.36 bits per heavy atom. The molecule has 22 heavy (non-hydrogen) atoms. The topological polar surface area (TPSA) is 12.9 Å². The predicted molar refractivity (Wildman–Crippen MR) is 94.6 cm³/mol. The molecule has 0 radical (unpaired) electrons. The molecule has 0 N–H and O–H groups in total. The third-order valence-corrected chi connectivity index (χ3v) is 3.93. The molecule has 0 amide bonds. The van der Waals surface area contributed by atoms with Crippen LogP contribution in [0.2, 0.25) is 0 Å². The first-order valence-corrected chi connectivity index (χ1v) is 7.40. The molecule has 0 fully saturated rings. The molecule has 0 aliphatic rings. The number of hydrogen-bond donors (Lipinski definition) is 0. The van der Waals surface area contributed by atoms with E-state index in [-0.39, 0.29) is 0 Å².